The molecule has 0 fully saturated rings. The molecule has 1 amide bonds. The zero-order chi connectivity index (χ0) is 23.0. The number of anilines is 1. The van der Waals surface area contributed by atoms with E-state index < -0.39 is 15.9 Å². The van der Waals surface area contributed by atoms with E-state index in [2.05, 4.69) is 0 Å². The van der Waals surface area contributed by atoms with Gasteiger partial charge in [-0.3, -0.25) is 4.79 Å². The Kier molecular flexibility index (Phi) is 7.89. The summed E-state index contributed by atoms with van der Waals surface area (Å²) < 4.78 is 38.7. The predicted molar refractivity (Wildman–Crippen MR) is 125 cm³/mol. The standard InChI is InChI=1S/C25H27NO5S/c1-3-30-23-15-13-21(14-16-23)26(32(28,29)24-17-11-20(2)12-18-24)25(27)10-7-19-31-22-8-5-4-6-9-22/h4-6,8-9,11-18H,3,7,10,19H2,1-2H3. The molecule has 0 aromatic heterocycles. The molecule has 0 spiro atoms. The van der Waals surface area contributed by atoms with Crippen LogP contribution in [0.25, 0.3) is 0 Å². The molecule has 0 radical (unpaired) electrons. The average Bonchev–Trinajstić information content (AvgIpc) is 2.79. The van der Waals surface area contributed by atoms with Gasteiger partial charge in [0.15, 0.2) is 0 Å². The molecule has 0 aliphatic rings. The largest absolute Gasteiger partial charge is 0.494 e. The SMILES string of the molecule is CCOc1ccc(N(C(=O)CCCOc2ccccc2)S(=O)(=O)c2ccc(C)cc2)cc1. The van der Waals surface area contributed by atoms with Gasteiger partial charge in [-0.25, -0.2) is 12.7 Å². The number of hydrogen-bond acceptors (Lipinski definition) is 5. The number of sulfonamides is 1. The summed E-state index contributed by atoms with van der Waals surface area (Å²) in [5.41, 5.74) is 1.20. The normalized spacial score (nSPS) is 11.1. The molecule has 0 N–H and O–H groups in total. The van der Waals surface area contributed by atoms with Gasteiger partial charge in [0.1, 0.15) is 11.5 Å². The summed E-state index contributed by atoms with van der Waals surface area (Å²) in [7, 11) is -4.08. The number of amides is 1. The van der Waals surface area contributed by atoms with Crippen molar-refractivity contribution in [1.82, 2.24) is 0 Å². The Morgan fingerprint density at radius 1 is 0.844 bits per heavy atom. The van der Waals surface area contributed by atoms with Crippen LogP contribution < -0.4 is 13.8 Å². The van der Waals surface area contributed by atoms with Gasteiger partial charge in [0.2, 0.25) is 5.91 Å². The van der Waals surface area contributed by atoms with Crippen LogP contribution in [0.1, 0.15) is 25.3 Å². The summed E-state index contributed by atoms with van der Waals surface area (Å²) in [4.78, 5) is 13.2. The van der Waals surface area contributed by atoms with Crippen LogP contribution in [0.3, 0.4) is 0 Å². The molecule has 0 bridgehead atoms. The molecule has 0 saturated carbocycles. The second kappa shape index (κ2) is 10.8. The second-order valence-corrected chi connectivity index (χ2v) is 8.95. The molecule has 168 valence electrons. The first kappa shape index (κ1) is 23.3. The predicted octanol–water partition coefficient (Wildman–Crippen LogP) is 4.97. The maximum Gasteiger partial charge on any atom is 0.270 e. The minimum atomic E-state index is -4.08. The Morgan fingerprint density at radius 2 is 1.47 bits per heavy atom. The van der Waals surface area contributed by atoms with Gasteiger partial charge in [0.25, 0.3) is 10.0 Å². The van der Waals surface area contributed by atoms with Gasteiger partial charge >= 0.3 is 0 Å². The van der Waals surface area contributed by atoms with E-state index in [-0.39, 0.29) is 17.0 Å². The lowest BCUT2D eigenvalue weighted by molar-refractivity contribution is -0.117. The van der Waals surface area contributed by atoms with Gasteiger partial charge in [0, 0.05) is 6.42 Å². The van der Waals surface area contributed by atoms with Crippen LogP contribution in [-0.2, 0) is 14.8 Å². The van der Waals surface area contributed by atoms with E-state index in [9.17, 15) is 13.2 Å². The third-order valence-corrected chi connectivity index (χ3v) is 6.48. The van der Waals surface area contributed by atoms with E-state index in [0.29, 0.717) is 31.1 Å². The smallest absolute Gasteiger partial charge is 0.270 e. The molecule has 3 aromatic rings. The van der Waals surface area contributed by atoms with Gasteiger partial charge in [0.05, 0.1) is 23.8 Å². The number of ether oxygens (including phenoxy) is 2. The van der Waals surface area contributed by atoms with E-state index in [1.54, 1.807) is 36.4 Å². The van der Waals surface area contributed by atoms with Crippen molar-refractivity contribution in [2.24, 2.45) is 0 Å². The molecular weight excluding hydrogens is 426 g/mol. The van der Waals surface area contributed by atoms with Crippen molar-refractivity contribution < 1.29 is 22.7 Å². The molecule has 0 unspecified atom stereocenters. The fraction of sp³-hybridized carbons (Fsp3) is 0.240. The van der Waals surface area contributed by atoms with Crippen LogP contribution in [-0.4, -0.2) is 27.5 Å². The summed E-state index contributed by atoms with van der Waals surface area (Å²) in [6.45, 7) is 4.53. The lowest BCUT2D eigenvalue weighted by atomic mass is 10.2. The molecule has 6 nitrogen and oxygen atoms in total. The highest BCUT2D eigenvalue weighted by Crippen LogP contribution is 2.27. The zero-order valence-electron chi connectivity index (χ0n) is 18.2. The zero-order valence-corrected chi connectivity index (χ0v) is 19.0. The Labute approximate surface area is 189 Å². The minimum Gasteiger partial charge on any atom is -0.494 e. The van der Waals surface area contributed by atoms with Gasteiger partial charge in [-0.2, -0.15) is 0 Å². The third-order valence-electron chi connectivity index (χ3n) is 4.71. The van der Waals surface area contributed by atoms with E-state index in [1.807, 2.05) is 44.2 Å². The van der Waals surface area contributed by atoms with Gasteiger partial charge in [-0.1, -0.05) is 35.9 Å². The summed E-state index contributed by atoms with van der Waals surface area (Å²) in [6, 6.07) is 22.2. The van der Waals surface area contributed by atoms with Crippen molar-refractivity contribution in [1.29, 1.82) is 0 Å². The van der Waals surface area contributed by atoms with E-state index in [4.69, 9.17) is 9.47 Å². The van der Waals surface area contributed by atoms with Crippen LogP contribution in [0.2, 0.25) is 0 Å². The molecule has 3 aromatic carbocycles. The number of rotatable bonds is 10. The highest BCUT2D eigenvalue weighted by Gasteiger charge is 2.30. The summed E-state index contributed by atoms with van der Waals surface area (Å²) in [6.07, 6.45) is 0.399. The fourth-order valence-electron chi connectivity index (χ4n) is 3.11. The topological polar surface area (TPSA) is 72.9 Å². The van der Waals surface area contributed by atoms with E-state index in [1.165, 1.54) is 12.1 Å². The monoisotopic (exact) mass is 453 g/mol. The van der Waals surface area contributed by atoms with Crippen molar-refractivity contribution >= 4 is 21.6 Å². The van der Waals surface area contributed by atoms with Crippen molar-refractivity contribution in [3.8, 4) is 11.5 Å². The van der Waals surface area contributed by atoms with Gasteiger partial charge in [-0.05, 0) is 68.8 Å². The number of benzene rings is 3. The number of hydrogen-bond donors (Lipinski definition) is 0. The van der Waals surface area contributed by atoms with Crippen molar-refractivity contribution in [3.05, 3.63) is 84.4 Å². The minimum absolute atomic E-state index is 0.0190. The quantitative estimate of drug-likeness (QED) is 0.405. The Hall–Kier alpha value is -3.32. The maximum atomic E-state index is 13.4. The van der Waals surface area contributed by atoms with Crippen LogP contribution in [0.4, 0.5) is 5.69 Å². The van der Waals surface area contributed by atoms with E-state index in [0.717, 1.165) is 9.87 Å². The highest BCUT2D eigenvalue weighted by molar-refractivity contribution is 7.93. The molecule has 0 saturated heterocycles. The van der Waals surface area contributed by atoms with E-state index >= 15 is 0 Å². The summed E-state index contributed by atoms with van der Waals surface area (Å²) >= 11 is 0. The van der Waals surface area contributed by atoms with Crippen molar-refractivity contribution in [2.75, 3.05) is 17.5 Å². The fourth-order valence-corrected chi connectivity index (χ4v) is 4.56. The Morgan fingerprint density at radius 3 is 2.09 bits per heavy atom. The molecule has 0 atom stereocenters. The summed E-state index contributed by atoms with van der Waals surface area (Å²) in [5.74, 6) is 0.787. The molecule has 7 heteroatoms. The maximum absolute atomic E-state index is 13.4. The van der Waals surface area contributed by atoms with Crippen LogP contribution in [0.5, 0.6) is 11.5 Å². The second-order valence-electron chi connectivity index (χ2n) is 7.17. The molecule has 0 heterocycles. The van der Waals surface area contributed by atoms with Gasteiger partial charge in [-0.15, -0.1) is 0 Å². The van der Waals surface area contributed by atoms with Gasteiger partial charge < -0.3 is 9.47 Å². The third kappa shape index (κ3) is 5.88. The van der Waals surface area contributed by atoms with Crippen molar-refractivity contribution in [2.45, 2.75) is 31.6 Å². The first-order valence-electron chi connectivity index (χ1n) is 10.5. The van der Waals surface area contributed by atoms with Crippen LogP contribution in [0, 0.1) is 6.92 Å². The lowest BCUT2D eigenvalue weighted by Crippen LogP contribution is -2.37. The number of nitrogens with zero attached hydrogens (tertiary/aromatic N) is 1. The number of aryl methyl sites for hydroxylation is 1. The first-order chi connectivity index (χ1) is 15.4. The molecule has 3 rings (SSSR count). The lowest BCUT2D eigenvalue weighted by Gasteiger charge is -2.23. The average molecular weight is 454 g/mol. The summed E-state index contributed by atoms with van der Waals surface area (Å²) in [5, 5.41) is 0. The Balaban J connectivity index is 1.80. The number of carbonyl (C=O) groups excluding carboxylic acids is 1. The molecule has 32 heavy (non-hydrogen) atoms. The Bertz CT molecular complexity index is 1110. The molecule has 0 aliphatic heterocycles. The molecular formula is C25H27NO5S. The number of carbonyl (C=O) groups is 1. The highest BCUT2D eigenvalue weighted by atomic mass is 32.2. The van der Waals surface area contributed by atoms with Crippen molar-refractivity contribution in [3.63, 3.8) is 0 Å². The van der Waals surface area contributed by atoms with Crippen LogP contribution in [0.15, 0.2) is 83.8 Å². The first-order valence-corrected chi connectivity index (χ1v) is 11.9. The molecule has 0 aliphatic carbocycles. The van der Waals surface area contributed by atoms with Crippen LogP contribution >= 0.6 is 0 Å². The number of para-hydroxylation sites is 1.